The van der Waals surface area contributed by atoms with Gasteiger partial charge in [0.05, 0.1) is 44.1 Å². The lowest BCUT2D eigenvalue weighted by atomic mass is 10.0. The molecule has 0 N–H and O–H groups in total. The molecule has 9 aromatic carbocycles. The van der Waals surface area contributed by atoms with E-state index in [1.807, 2.05) is 0 Å². The van der Waals surface area contributed by atoms with Gasteiger partial charge in [-0.1, -0.05) is 115 Å². The van der Waals surface area contributed by atoms with Crippen LogP contribution in [0.25, 0.3) is 110 Å². The van der Waals surface area contributed by atoms with Gasteiger partial charge in [-0.15, -0.1) is 0 Å². The van der Waals surface area contributed by atoms with Crippen molar-refractivity contribution in [1.29, 1.82) is 0 Å². The third kappa shape index (κ3) is 4.29. The maximum Gasteiger partial charge on any atom is 0.0563 e. The Balaban J connectivity index is 0.973. The van der Waals surface area contributed by atoms with E-state index in [2.05, 4.69) is 225 Å². The first-order valence-electron chi connectivity index (χ1n) is 19.9. The van der Waals surface area contributed by atoms with Crippen molar-refractivity contribution in [2.75, 3.05) is 0 Å². The predicted molar refractivity (Wildman–Crippen MR) is 243 cm³/mol. The average Bonchev–Trinajstić information content (AvgIpc) is 4.02. The van der Waals surface area contributed by atoms with E-state index in [0.717, 1.165) is 22.7 Å². The first kappa shape index (κ1) is 31.4. The van der Waals surface area contributed by atoms with Gasteiger partial charge < -0.3 is 18.3 Å². The number of aromatic nitrogens is 4. The van der Waals surface area contributed by atoms with Crippen LogP contribution in [0.2, 0.25) is 0 Å². The van der Waals surface area contributed by atoms with E-state index in [1.54, 1.807) is 0 Å². The zero-order chi connectivity index (χ0) is 37.9. The Morgan fingerprint density at radius 2 is 0.552 bits per heavy atom. The van der Waals surface area contributed by atoms with E-state index >= 15 is 0 Å². The van der Waals surface area contributed by atoms with Crippen LogP contribution >= 0.6 is 0 Å². The Kier molecular flexibility index (Phi) is 6.41. The molecule has 0 saturated carbocycles. The van der Waals surface area contributed by atoms with E-state index in [4.69, 9.17) is 0 Å². The smallest absolute Gasteiger partial charge is 0.0563 e. The number of rotatable bonds is 5. The Morgan fingerprint density at radius 3 is 1.05 bits per heavy atom. The molecule has 58 heavy (non-hydrogen) atoms. The zero-order valence-corrected chi connectivity index (χ0v) is 31.4. The lowest BCUT2D eigenvalue weighted by molar-refractivity contribution is 1.15. The summed E-state index contributed by atoms with van der Waals surface area (Å²) >= 11 is 0. The van der Waals surface area contributed by atoms with Gasteiger partial charge in [0.1, 0.15) is 0 Å². The highest BCUT2D eigenvalue weighted by atomic mass is 15.0. The van der Waals surface area contributed by atoms with Crippen molar-refractivity contribution in [3.63, 3.8) is 0 Å². The molecule has 0 aliphatic heterocycles. The van der Waals surface area contributed by atoms with Gasteiger partial charge in [0, 0.05) is 55.1 Å². The number of hydrogen-bond donors (Lipinski definition) is 0. The summed E-state index contributed by atoms with van der Waals surface area (Å²) in [6, 6.07) is 75.3. The second kappa shape index (κ2) is 11.8. The van der Waals surface area contributed by atoms with Gasteiger partial charge in [-0.25, -0.2) is 0 Å². The van der Waals surface area contributed by atoms with Crippen molar-refractivity contribution < 1.29 is 0 Å². The van der Waals surface area contributed by atoms with Gasteiger partial charge in [0.2, 0.25) is 0 Å². The molecule has 0 fully saturated rings. The molecular weight excluding hydrogens is 705 g/mol. The van der Waals surface area contributed by atoms with Gasteiger partial charge in [-0.2, -0.15) is 0 Å². The van der Waals surface area contributed by atoms with Gasteiger partial charge in [0.15, 0.2) is 0 Å². The number of para-hydroxylation sites is 4. The summed E-state index contributed by atoms with van der Waals surface area (Å²) in [5.74, 6) is 0. The van der Waals surface area contributed by atoms with Crippen LogP contribution in [0.4, 0.5) is 0 Å². The normalized spacial score (nSPS) is 12.1. The van der Waals surface area contributed by atoms with E-state index in [1.165, 1.54) is 87.6 Å². The summed E-state index contributed by atoms with van der Waals surface area (Å²) in [5.41, 5.74) is 16.7. The van der Waals surface area contributed by atoms with Crippen LogP contribution in [0.5, 0.6) is 0 Å². The minimum Gasteiger partial charge on any atom is -0.309 e. The Bertz CT molecular complexity index is 3620. The van der Waals surface area contributed by atoms with Gasteiger partial charge in [-0.05, 0) is 102 Å². The summed E-state index contributed by atoms with van der Waals surface area (Å²) in [5, 5.41) is 7.63. The lowest BCUT2D eigenvalue weighted by Crippen LogP contribution is -1.99. The summed E-state index contributed by atoms with van der Waals surface area (Å²) in [6.07, 6.45) is 0. The summed E-state index contributed by atoms with van der Waals surface area (Å²) < 4.78 is 9.70. The first-order chi connectivity index (χ1) is 28.8. The molecule has 0 amide bonds. The fourth-order valence-electron chi connectivity index (χ4n) is 9.93. The largest absolute Gasteiger partial charge is 0.309 e. The molecule has 0 aliphatic carbocycles. The molecule has 0 unspecified atom stereocenters. The molecule has 4 heterocycles. The average molecular weight is 739 g/mol. The van der Waals surface area contributed by atoms with E-state index < -0.39 is 0 Å². The second-order valence-corrected chi connectivity index (χ2v) is 15.4. The Labute approximate surface area is 333 Å². The fraction of sp³-hybridized carbons (Fsp3) is 0. The van der Waals surface area contributed by atoms with Crippen molar-refractivity contribution in [3.8, 4) is 33.9 Å². The van der Waals surface area contributed by atoms with E-state index in [0.29, 0.717) is 0 Å². The summed E-state index contributed by atoms with van der Waals surface area (Å²) in [6.45, 7) is 0. The van der Waals surface area contributed by atoms with Crippen molar-refractivity contribution in [1.82, 2.24) is 18.3 Å². The summed E-state index contributed by atoms with van der Waals surface area (Å²) in [4.78, 5) is 0. The molecule has 0 bridgehead atoms. The van der Waals surface area contributed by atoms with Gasteiger partial charge in [0.25, 0.3) is 0 Å². The number of nitrogens with zero attached hydrogens (tertiary/aromatic N) is 4. The van der Waals surface area contributed by atoms with Crippen LogP contribution in [0, 0.1) is 0 Å². The number of hydrogen-bond acceptors (Lipinski definition) is 0. The molecule has 0 saturated heterocycles. The van der Waals surface area contributed by atoms with Crippen LogP contribution in [0.1, 0.15) is 0 Å². The SMILES string of the molecule is c1ccc(-n2c3ccccc3c3ccc(-n4c5cccc6c5c5c(cccc54)n6-c4cccc(-c5cccc(-n6c7ccccc7c7ccccc76)c5)c4)cc32)cc1. The van der Waals surface area contributed by atoms with Crippen LogP contribution in [0.15, 0.2) is 206 Å². The maximum atomic E-state index is 2.46. The molecule has 0 radical (unpaired) electrons. The molecule has 270 valence electrons. The highest BCUT2D eigenvalue weighted by molar-refractivity contribution is 6.25. The highest BCUT2D eigenvalue weighted by Gasteiger charge is 2.23. The van der Waals surface area contributed by atoms with Crippen LogP contribution < -0.4 is 0 Å². The Hall–Kier alpha value is -7.82. The molecule has 0 spiro atoms. The van der Waals surface area contributed by atoms with Crippen LogP contribution in [-0.4, -0.2) is 18.3 Å². The predicted octanol–water partition coefficient (Wildman–Crippen LogP) is 14.0. The van der Waals surface area contributed by atoms with Crippen LogP contribution in [-0.2, 0) is 0 Å². The lowest BCUT2D eigenvalue weighted by Gasteiger charge is -2.14. The highest BCUT2D eigenvalue weighted by Crippen LogP contribution is 2.44. The van der Waals surface area contributed by atoms with Crippen LogP contribution in [0.3, 0.4) is 0 Å². The zero-order valence-electron chi connectivity index (χ0n) is 31.4. The molecule has 4 nitrogen and oxygen atoms in total. The van der Waals surface area contributed by atoms with E-state index in [-0.39, 0.29) is 0 Å². The number of benzene rings is 9. The second-order valence-electron chi connectivity index (χ2n) is 15.4. The topological polar surface area (TPSA) is 19.7 Å². The third-order valence-corrected chi connectivity index (χ3v) is 12.3. The third-order valence-electron chi connectivity index (χ3n) is 12.3. The minimum absolute atomic E-state index is 1.15. The van der Waals surface area contributed by atoms with Crippen molar-refractivity contribution in [2.45, 2.75) is 0 Å². The first-order valence-corrected chi connectivity index (χ1v) is 19.9. The quantitative estimate of drug-likeness (QED) is 0.168. The van der Waals surface area contributed by atoms with Crippen molar-refractivity contribution >= 4 is 76.5 Å². The molecule has 13 rings (SSSR count). The molecule has 4 heteroatoms. The van der Waals surface area contributed by atoms with Crippen molar-refractivity contribution in [2.24, 2.45) is 0 Å². The monoisotopic (exact) mass is 738 g/mol. The van der Waals surface area contributed by atoms with Gasteiger partial charge >= 0.3 is 0 Å². The fourth-order valence-corrected chi connectivity index (χ4v) is 9.93. The van der Waals surface area contributed by atoms with Gasteiger partial charge in [-0.3, -0.25) is 0 Å². The van der Waals surface area contributed by atoms with Crippen molar-refractivity contribution in [3.05, 3.63) is 206 Å². The molecule has 4 aromatic heterocycles. The number of fused-ring (bicyclic) bond motifs is 6. The molecular formula is C54H34N4. The standard InChI is InChI=1S/C54H34N4/c1-2-16-37(17-3-1)55-45-23-7-6-22-43(45)44-31-30-40(34-52(44)55)58-50-28-12-26-48-53(50)54-49(27-13-29-51(54)58)57(48)39-19-11-15-36(33-39)35-14-10-18-38(32-35)56-46-24-8-4-20-41(46)42-21-5-9-25-47(42)56/h1-34H. The molecule has 0 aliphatic rings. The maximum absolute atomic E-state index is 2.46. The van der Waals surface area contributed by atoms with E-state index in [9.17, 15) is 0 Å². The summed E-state index contributed by atoms with van der Waals surface area (Å²) in [7, 11) is 0. The Morgan fingerprint density at radius 1 is 0.207 bits per heavy atom. The molecule has 0 atom stereocenters. The molecule has 13 aromatic rings. The minimum atomic E-state index is 1.15.